The van der Waals surface area contributed by atoms with Crippen LogP contribution < -0.4 is 11.0 Å². The number of hydrogen-bond donors (Lipinski definition) is 1. The Bertz CT molecular complexity index is 544. The van der Waals surface area contributed by atoms with Gasteiger partial charge >= 0.3 is 5.69 Å². The van der Waals surface area contributed by atoms with Crippen LogP contribution in [0.3, 0.4) is 0 Å². The van der Waals surface area contributed by atoms with Crippen molar-refractivity contribution in [2.45, 2.75) is 32.9 Å². The van der Waals surface area contributed by atoms with Crippen LogP contribution in [-0.4, -0.2) is 31.8 Å². The number of nitrogens with one attached hydrogen (secondary N) is 1. The summed E-state index contributed by atoms with van der Waals surface area (Å²) in [4.78, 5) is 15.8. The van der Waals surface area contributed by atoms with Crippen molar-refractivity contribution in [2.24, 2.45) is 0 Å². The summed E-state index contributed by atoms with van der Waals surface area (Å²) in [7, 11) is 0. The van der Waals surface area contributed by atoms with Gasteiger partial charge in [0.15, 0.2) is 5.65 Å². The Morgan fingerprint density at radius 2 is 2.35 bits per heavy atom. The summed E-state index contributed by atoms with van der Waals surface area (Å²) in [6, 6.07) is 0.462. The molecule has 1 atom stereocenters. The van der Waals surface area contributed by atoms with Gasteiger partial charge in [-0.25, -0.2) is 13.9 Å². The maximum Gasteiger partial charge on any atom is 0.350 e. The van der Waals surface area contributed by atoms with Gasteiger partial charge in [-0.15, -0.1) is 5.10 Å². The molecule has 92 valence electrons. The highest BCUT2D eigenvalue weighted by atomic mass is 16.2. The highest BCUT2D eigenvalue weighted by Crippen LogP contribution is 1.92. The van der Waals surface area contributed by atoms with E-state index >= 15 is 0 Å². The number of nitrogens with zero attached hydrogens (tertiary/aromatic N) is 4. The molecule has 1 unspecified atom stereocenters. The predicted octanol–water partition coefficient (Wildman–Crippen LogP) is 0.279. The lowest BCUT2D eigenvalue weighted by atomic mass is 10.3. The second kappa shape index (κ2) is 5.09. The van der Waals surface area contributed by atoms with Gasteiger partial charge in [-0.2, -0.15) is 0 Å². The number of fused-ring (bicyclic) bond motifs is 1. The van der Waals surface area contributed by atoms with Gasteiger partial charge in [0.25, 0.3) is 0 Å². The average molecular weight is 235 g/mol. The lowest BCUT2D eigenvalue weighted by Gasteiger charge is -2.09. The Hall–Kier alpha value is -1.69. The van der Waals surface area contributed by atoms with E-state index in [1.807, 2.05) is 0 Å². The van der Waals surface area contributed by atoms with Crippen LogP contribution in [0.15, 0.2) is 23.4 Å². The molecule has 6 nitrogen and oxygen atoms in total. The van der Waals surface area contributed by atoms with Crippen molar-refractivity contribution in [1.82, 2.24) is 24.5 Å². The smallest absolute Gasteiger partial charge is 0.312 e. The van der Waals surface area contributed by atoms with E-state index in [4.69, 9.17) is 0 Å². The third kappa shape index (κ3) is 2.52. The molecule has 0 amide bonds. The first-order valence-corrected chi connectivity index (χ1v) is 5.85. The van der Waals surface area contributed by atoms with Crippen LogP contribution in [0.1, 0.15) is 20.3 Å². The van der Waals surface area contributed by atoms with Gasteiger partial charge in [0.05, 0.1) is 12.7 Å². The molecule has 0 radical (unpaired) electrons. The molecule has 0 spiro atoms. The second-order valence-corrected chi connectivity index (χ2v) is 4.07. The van der Waals surface area contributed by atoms with E-state index in [-0.39, 0.29) is 5.69 Å². The summed E-state index contributed by atoms with van der Waals surface area (Å²) in [6.45, 7) is 5.56. The van der Waals surface area contributed by atoms with Crippen molar-refractivity contribution < 1.29 is 0 Å². The maximum atomic E-state index is 11.9. The van der Waals surface area contributed by atoms with Gasteiger partial charge in [0.1, 0.15) is 0 Å². The largest absolute Gasteiger partial charge is 0.350 e. The molecular formula is C11H17N5O. The molecular weight excluding hydrogens is 218 g/mol. The molecule has 0 fully saturated rings. The van der Waals surface area contributed by atoms with E-state index in [1.54, 1.807) is 18.6 Å². The van der Waals surface area contributed by atoms with Crippen molar-refractivity contribution in [2.75, 3.05) is 6.54 Å². The van der Waals surface area contributed by atoms with Crippen LogP contribution in [0.4, 0.5) is 0 Å². The molecule has 0 aliphatic carbocycles. The first kappa shape index (κ1) is 11.8. The molecule has 6 heteroatoms. The molecule has 0 aliphatic rings. The third-order valence-corrected chi connectivity index (χ3v) is 2.82. The summed E-state index contributed by atoms with van der Waals surface area (Å²) >= 11 is 0. The number of rotatable bonds is 5. The molecule has 0 saturated carbocycles. The molecule has 0 bridgehead atoms. The third-order valence-electron chi connectivity index (χ3n) is 2.82. The Morgan fingerprint density at radius 3 is 3.06 bits per heavy atom. The highest BCUT2D eigenvalue weighted by molar-refractivity contribution is 5.31. The van der Waals surface area contributed by atoms with Crippen molar-refractivity contribution in [3.05, 3.63) is 29.1 Å². The zero-order valence-electron chi connectivity index (χ0n) is 10.1. The molecule has 2 rings (SSSR count). The molecule has 0 aliphatic heterocycles. The zero-order valence-corrected chi connectivity index (χ0v) is 10.1. The molecule has 0 saturated heterocycles. The first-order chi connectivity index (χ1) is 8.22. The van der Waals surface area contributed by atoms with Gasteiger partial charge in [0, 0.05) is 25.0 Å². The molecule has 17 heavy (non-hydrogen) atoms. The Balaban J connectivity index is 2.09. The SMILES string of the molecule is CCC(C)NCCn1nc2cnccn2c1=O. The first-order valence-electron chi connectivity index (χ1n) is 5.85. The molecule has 2 aromatic heterocycles. The fraction of sp³-hybridized carbons (Fsp3) is 0.545. The lowest BCUT2D eigenvalue weighted by Crippen LogP contribution is -2.32. The molecule has 2 heterocycles. The monoisotopic (exact) mass is 235 g/mol. The molecule has 0 aromatic carbocycles. The molecule has 2 aromatic rings. The van der Waals surface area contributed by atoms with E-state index in [9.17, 15) is 4.79 Å². The Morgan fingerprint density at radius 1 is 1.53 bits per heavy atom. The van der Waals surface area contributed by atoms with Gasteiger partial charge in [-0.3, -0.25) is 4.98 Å². The minimum Gasteiger partial charge on any atom is -0.312 e. The van der Waals surface area contributed by atoms with E-state index in [0.717, 1.165) is 13.0 Å². The van der Waals surface area contributed by atoms with Crippen LogP contribution in [0.2, 0.25) is 0 Å². The molecule has 1 N–H and O–H groups in total. The van der Waals surface area contributed by atoms with Gasteiger partial charge in [-0.1, -0.05) is 6.92 Å². The Labute approximate surface area is 99.3 Å². The van der Waals surface area contributed by atoms with Crippen molar-refractivity contribution in [3.63, 3.8) is 0 Å². The summed E-state index contributed by atoms with van der Waals surface area (Å²) in [5.41, 5.74) is 0.467. The van der Waals surface area contributed by atoms with E-state index < -0.39 is 0 Å². The summed E-state index contributed by atoms with van der Waals surface area (Å²) in [5.74, 6) is 0. The van der Waals surface area contributed by atoms with Gasteiger partial charge in [0.2, 0.25) is 0 Å². The van der Waals surface area contributed by atoms with Crippen LogP contribution in [-0.2, 0) is 6.54 Å². The van der Waals surface area contributed by atoms with Crippen LogP contribution >= 0.6 is 0 Å². The van der Waals surface area contributed by atoms with E-state index in [0.29, 0.717) is 18.2 Å². The van der Waals surface area contributed by atoms with E-state index in [1.165, 1.54) is 9.08 Å². The topological polar surface area (TPSA) is 64.2 Å². The summed E-state index contributed by atoms with van der Waals surface area (Å²) < 4.78 is 2.96. The fourth-order valence-electron chi connectivity index (χ4n) is 1.59. The Kier molecular flexibility index (Phi) is 3.53. The minimum atomic E-state index is -0.117. The number of hydrogen-bond acceptors (Lipinski definition) is 4. The standard InChI is InChI=1S/C11H17N5O/c1-3-9(2)13-5-7-16-11(17)15-6-4-12-8-10(15)14-16/h4,6,8-9,13H,3,5,7H2,1-2H3. The van der Waals surface area contributed by atoms with Crippen molar-refractivity contribution in [1.29, 1.82) is 0 Å². The zero-order chi connectivity index (χ0) is 12.3. The summed E-state index contributed by atoms with van der Waals surface area (Å²) in [5, 5.41) is 7.53. The maximum absolute atomic E-state index is 11.9. The van der Waals surface area contributed by atoms with Gasteiger partial charge in [-0.05, 0) is 13.3 Å². The lowest BCUT2D eigenvalue weighted by molar-refractivity contribution is 0.481. The predicted molar refractivity (Wildman–Crippen MR) is 65.0 cm³/mol. The summed E-state index contributed by atoms with van der Waals surface area (Å²) in [6.07, 6.45) is 5.87. The normalized spacial score (nSPS) is 13.1. The fourth-order valence-corrected chi connectivity index (χ4v) is 1.59. The quantitative estimate of drug-likeness (QED) is 0.808. The van der Waals surface area contributed by atoms with Crippen molar-refractivity contribution in [3.8, 4) is 0 Å². The van der Waals surface area contributed by atoms with Crippen LogP contribution in [0, 0.1) is 0 Å². The van der Waals surface area contributed by atoms with Crippen molar-refractivity contribution >= 4 is 5.65 Å². The van der Waals surface area contributed by atoms with E-state index in [2.05, 4.69) is 29.2 Å². The van der Waals surface area contributed by atoms with Gasteiger partial charge < -0.3 is 5.32 Å². The highest BCUT2D eigenvalue weighted by Gasteiger charge is 2.05. The average Bonchev–Trinajstić information content (AvgIpc) is 2.67. The van der Waals surface area contributed by atoms with Crippen LogP contribution in [0.5, 0.6) is 0 Å². The second-order valence-electron chi connectivity index (χ2n) is 4.07. The number of aromatic nitrogens is 4. The minimum absolute atomic E-state index is 0.117. The van der Waals surface area contributed by atoms with Crippen LogP contribution in [0.25, 0.3) is 5.65 Å².